The molecule has 1 N–H and O–H groups in total. The van der Waals surface area contributed by atoms with Gasteiger partial charge in [0.15, 0.2) is 0 Å². The predicted octanol–water partition coefficient (Wildman–Crippen LogP) is 2.89. The Kier molecular flexibility index (Phi) is 4.74. The second-order valence-electron chi connectivity index (χ2n) is 6.47. The molecule has 0 bridgehead atoms. The number of rotatable bonds is 3. The fraction of sp³-hybridized carbons (Fsp3) is 0.368. The number of nitrogens with zero attached hydrogens (tertiary/aromatic N) is 1. The number of piperidine rings is 1. The largest absolute Gasteiger partial charge is 0.376 e. The molecule has 2 aliphatic heterocycles. The molecule has 0 aliphatic carbocycles. The molecule has 1 fully saturated rings. The Hall–Kier alpha value is -2.25. The van der Waals surface area contributed by atoms with E-state index in [1.54, 1.807) is 18.2 Å². The number of anilines is 1. The second-order valence-corrected chi connectivity index (χ2v) is 7.61. The van der Waals surface area contributed by atoms with Crippen LogP contribution in [-0.2, 0) is 22.6 Å². The minimum atomic E-state index is -0.633. The average Bonchev–Trinajstić information content (AvgIpc) is 3.08. The van der Waals surface area contributed by atoms with Crippen LogP contribution in [0.1, 0.15) is 33.0 Å². The first-order chi connectivity index (χ1) is 12.6. The van der Waals surface area contributed by atoms with Crippen LogP contribution in [-0.4, -0.2) is 31.0 Å². The van der Waals surface area contributed by atoms with Crippen molar-refractivity contribution in [1.82, 2.24) is 5.32 Å². The summed E-state index contributed by atoms with van der Waals surface area (Å²) in [5.74, 6) is -0.948. The van der Waals surface area contributed by atoms with E-state index in [0.717, 1.165) is 12.0 Å². The lowest BCUT2D eigenvalue weighted by molar-refractivity contribution is -0.121. The summed E-state index contributed by atoms with van der Waals surface area (Å²) in [5.41, 5.74) is 1.31. The number of benzene rings is 1. The highest BCUT2D eigenvalue weighted by molar-refractivity contribution is 7.14. The standard InChI is InChI=1S/C19H19FN2O3S/c20-13-4-1-2-6-15(13)22-8-3-5-14(19(22)24)21-18(23)17-10-12-11-25-9-7-16(12)26-17/h1-2,4,6,10,14H,3,5,7-9,11H2,(H,21,23). The maximum Gasteiger partial charge on any atom is 0.262 e. The third-order valence-corrected chi connectivity index (χ3v) is 5.97. The molecule has 4 rings (SSSR count). The number of amides is 2. The molecular formula is C19H19FN2O3S. The van der Waals surface area contributed by atoms with E-state index < -0.39 is 11.9 Å². The van der Waals surface area contributed by atoms with E-state index in [0.29, 0.717) is 37.5 Å². The predicted molar refractivity (Wildman–Crippen MR) is 96.9 cm³/mol. The molecule has 0 saturated carbocycles. The highest BCUT2D eigenvalue weighted by Gasteiger charge is 2.32. The van der Waals surface area contributed by atoms with E-state index >= 15 is 0 Å². The van der Waals surface area contributed by atoms with Crippen molar-refractivity contribution in [1.29, 1.82) is 0 Å². The molecule has 1 aromatic heterocycles. The maximum atomic E-state index is 14.0. The number of carbonyl (C=O) groups is 2. The molecule has 3 heterocycles. The summed E-state index contributed by atoms with van der Waals surface area (Å²) in [4.78, 5) is 28.6. The van der Waals surface area contributed by atoms with Gasteiger partial charge in [0.2, 0.25) is 5.91 Å². The summed E-state index contributed by atoms with van der Waals surface area (Å²) >= 11 is 1.46. The van der Waals surface area contributed by atoms with Crippen LogP contribution >= 0.6 is 11.3 Å². The Balaban J connectivity index is 1.49. The van der Waals surface area contributed by atoms with Gasteiger partial charge in [-0.05, 0) is 36.6 Å². The van der Waals surface area contributed by atoms with Gasteiger partial charge in [0.1, 0.15) is 11.9 Å². The number of nitrogens with one attached hydrogen (secondary N) is 1. The summed E-state index contributed by atoms with van der Waals surface area (Å²) in [5, 5.41) is 2.83. The van der Waals surface area contributed by atoms with Crippen molar-refractivity contribution in [2.45, 2.75) is 31.9 Å². The van der Waals surface area contributed by atoms with Crippen molar-refractivity contribution in [3.05, 3.63) is 51.5 Å². The normalized spacial score (nSPS) is 20.0. The van der Waals surface area contributed by atoms with E-state index in [9.17, 15) is 14.0 Å². The smallest absolute Gasteiger partial charge is 0.262 e. The first-order valence-corrected chi connectivity index (χ1v) is 9.51. The molecule has 0 radical (unpaired) electrons. The van der Waals surface area contributed by atoms with Gasteiger partial charge in [0.05, 0.1) is 23.8 Å². The molecule has 136 valence electrons. The zero-order chi connectivity index (χ0) is 18.1. The van der Waals surface area contributed by atoms with Gasteiger partial charge >= 0.3 is 0 Å². The van der Waals surface area contributed by atoms with Gasteiger partial charge in [-0.3, -0.25) is 9.59 Å². The van der Waals surface area contributed by atoms with E-state index in [4.69, 9.17) is 4.74 Å². The van der Waals surface area contributed by atoms with Crippen molar-refractivity contribution in [3.8, 4) is 0 Å². The molecule has 5 nitrogen and oxygen atoms in total. The lowest BCUT2D eigenvalue weighted by atomic mass is 10.0. The van der Waals surface area contributed by atoms with Crippen LogP contribution in [0.5, 0.6) is 0 Å². The molecule has 2 aliphatic rings. The Morgan fingerprint density at radius 3 is 3.00 bits per heavy atom. The Bertz CT molecular complexity index is 828. The summed E-state index contributed by atoms with van der Waals surface area (Å²) in [6.45, 7) is 1.66. The topological polar surface area (TPSA) is 58.6 Å². The van der Waals surface area contributed by atoms with E-state index in [2.05, 4.69) is 5.32 Å². The fourth-order valence-electron chi connectivity index (χ4n) is 3.41. The molecule has 7 heteroatoms. The molecular weight excluding hydrogens is 355 g/mol. The van der Waals surface area contributed by atoms with E-state index in [1.165, 1.54) is 27.2 Å². The molecule has 1 atom stereocenters. The molecule has 1 unspecified atom stereocenters. The van der Waals surface area contributed by atoms with Crippen LogP contribution in [0.4, 0.5) is 10.1 Å². The third-order valence-electron chi connectivity index (χ3n) is 4.74. The minimum Gasteiger partial charge on any atom is -0.376 e. The van der Waals surface area contributed by atoms with Crippen molar-refractivity contribution >= 4 is 28.8 Å². The SMILES string of the molecule is O=C(NC1CCCN(c2ccccc2F)C1=O)c1cc2c(s1)CCOC2. The first-order valence-electron chi connectivity index (χ1n) is 8.69. The number of ether oxygens (including phenoxy) is 1. The summed E-state index contributed by atoms with van der Waals surface area (Å²) < 4.78 is 19.5. The Labute approximate surface area is 154 Å². The molecule has 0 spiro atoms. The molecule has 2 amide bonds. The number of carbonyl (C=O) groups excluding carboxylic acids is 2. The minimum absolute atomic E-state index is 0.252. The fourth-order valence-corrected chi connectivity index (χ4v) is 4.46. The van der Waals surface area contributed by atoms with Crippen molar-refractivity contribution in [2.75, 3.05) is 18.1 Å². The summed E-state index contributed by atoms with van der Waals surface area (Å²) in [6, 6.07) is 7.43. The van der Waals surface area contributed by atoms with Crippen LogP contribution in [0, 0.1) is 5.82 Å². The van der Waals surface area contributed by atoms with Gasteiger partial charge < -0.3 is 15.0 Å². The Morgan fingerprint density at radius 1 is 1.35 bits per heavy atom. The van der Waals surface area contributed by atoms with Gasteiger partial charge in [-0.1, -0.05) is 12.1 Å². The number of fused-ring (bicyclic) bond motifs is 1. The summed E-state index contributed by atoms with van der Waals surface area (Å²) in [6.07, 6.45) is 2.08. The van der Waals surface area contributed by atoms with Gasteiger partial charge in [0, 0.05) is 17.8 Å². The molecule has 1 saturated heterocycles. The highest BCUT2D eigenvalue weighted by atomic mass is 32.1. The van der Waals surface area contributed by atoms with Crippen LogP contribution in [0.3, 0.4) is 0 Å². The van der Waals surface area contributed by atoms with Gasteiger partial charge in [-0.2, -0.15) is 0 Å². The second kappa shape index (κ2) is 7.17. The number of hydrogen-bond acceptors (Lipinski definition) is 4. The number of thiophene rings is 1. The Morgan fingerprint density at radius 2 is 2.19 bits per heavy atom. The summed E-state index contributed by atoms with van der Waals surface area (Å²) in [7, 11) is 0. The number of hydrogen-bond donors (Lipinski definition) is 1. The number of halogens is 1. The lowest BCUT2D eigenvalue weighted by Crippen LogP contribution is -2.52. The maximum absolute atomic E-state index is 14.0. The zero-order valence-corrected chi connectivity index (χ0v) is 15.0. The van der Waals surface area contributed by atoms with Crippen molar-refractivity contribution in [3.63, 3.8) is 0 Å². The average molecular weight is 374 g/mol. The van der Waals surface area contributed by atoms with Gasteiger partial charge in [-0.15, -0.1) is 11.3 Å². The quantitative estimate of drug-likeness (QED) is 0.899. The molecule has 1 aromatic carbocycles. The number of para-hydroxylation sites is 1. The van der Waals surface area contributed by atoms with Gasteiger partial charge in [-0.25, -0.2) is 4.39 Å². The monoisotopic (exact) mass is 374 g/mol. The van der Waals surface area contributed by atoms with Crippen molar-refractivity contribution in [2.24, 2.45) is 0 Å². The van der Waals surface area contributed by atoms with Crippen molar-refractivity contribution < 1.29 is 18.7 Å². The lowest BCUT2D eigenvalue weighted by Gasteiger charge is -2.32. The third kappa shape index (κ3) is 3.24. The first kappa shape index (κ1) is 17.2. The van der Waals surface area contributed by atoms with Crippen LogP contribution in [0.15, 0.2) is 30.3 Å². The van der Waals surface area contributed by atoms with Crippen LogP contribution < -0.4 is 10.2 Å². The van der Waals surface area contributed by atoms with Gasteiger partial charge in [0.25, 0.3) is 5.91 Å². The highest BCUT2D eigenvalue weighted by Crippen LogP contribution is 2.28. The molecule has 26 heavy (non-hydrogen) atoms. The van der Waals surface area contributed by atoms with E-state index in [1.807, 2.05) is 6.07 Å². The van der Waals surface area contributed by atoms with E-state index in [-0.39, 0.29) is 17.5 Å². The zero-order valence-electron chi connectivity index (χ0n) is 14.2. The van der Waals surface area contributed by atoms with Crippen LogP contribution in [0.2, 0.25) is 0 Å². The molecule has 2 aromatic rings. The van der Waals surface area contributed by atoms with Crippen LogP contribution in [0.25, 0.3) is 0 Å².